The van der Waals surface area contributed by atoms with Crippen LogP contribution in [-0.4, -0.2) is 50.3 Å². The monoisotopic (exact) mass is 658 g/mol. The normalized spacial score (nSPS) is 23.1. The topological polar surface area (TPSA) is 125 Å². The van der Waals surface area contributed by atoms with Crippen molar-refractivity contribution in [2.24, 2.45) is 0 Å². The highest BCUT2D eigenvalue weighted by atomic mass is 19.2. The van der Waals surface area contributed by atoms with E-state index in [-0.39, 0.29) is 30.0 Å². The van der Waals surface area contributed by atoms with Crippen LogP contribution in [0.4, 0.5) is 18.4 Å². The lowest BCUT2D eigenvalue weighted by Gasteiger charge is -2.35. The lowest BCUT2D eigenvalue weighted by molar-refractivity contribution is 0.0494. The van der Waals surface area contributed by atoms with Gasteiger partial charge in [0.15, 0.2) is 11.6 Å². The number of aromatic nitrogens is 2. The number of aromatic amines is 1. The van der Waals surface area contributed by atoms with Crippen molar-refractivity contribution in [1.82, 2.24) is 20.2 Å². The number of alkyl carbamates (subject to hydrolysis) is 1. The molecule has 6 rings (SSSR count). The molecule has 1 saturated heterocycles. The van der Waals surface area contributed by atoms with Crippen LogP contribution in [0, 0.1) is 11.6 Å². The molecule has 0 radical (unpaired) electrons. The summed E-state index contributed by atoms with van der Waals surface area (Å²) in [4.78, 5) is 48.6. The number of likely N-dealkylation sites (tertiary alicyclic amines) is 1. The van der Waals surface area contributed by atoms with Gasteiger partial charge in [-0.05, 0) is 99.6 Å². The number of halogens is 2. The van der Waals surface area contributed by atoms with Gasteiger partial charge in [0.25, 0.3) is 5.56 Å². The third-order valence-corrected chi connectivity index (χ3v) is 9.61. The van der Waals surface area contributed by atoms with Crippen LogP contribution >= 0.6 is 0 Å². The summed E-state index contributed by atoms with van der Waals surface area (Å²) in [5, 5.41) is 14.3. The molecule has 9 nitrogen and oxygen atoms in total. The van der Waals surface area contributed by atoms with Crippen molar-refractivity contribution in [3.05, 3.63) is 111 Å². The summed E-state index contributed by atoms with van der Waals surface area (Å²) in [7, 11) is 0. The highest BCUT2D eigenvalue weighted by molar-refractivity contribution is 5.78. The Morgan fingerprint density at radius 2 is 1.73 bits per heavy atom. The summed E-state index contributed by atoms with van der Waals surface area (Å²) < 4.78 is 35.7. The van der Waals surface area contributed by atoms with Crippen LogP contribution in [0.2, 0.25) is 0 Å². The molecule has 11 heteroatoms. The summed E-state index contributed by atoms with van der Waals surface area (Å²) in [5.41, 5.74) is 1.56. The Balaban J connectivity index is 1.45. The fourth-order valence-electron chi connectivity index (χ4n) is 7.59. The number of fused-ring (bicyclic) bond motifs is 2. The molecule has 48 heavy (non-hydrogen) atoms. The minimum Gasteiger partial charge on any atom is -0.465 e. The quantitative estimate of drug-likeness (QED) is 0.193. The number of para-hydroxylation sites is 1. The van der Waals surface area contributed by atoms with Gasteiger partial charge < -0.3 is 25.0 Å². The number of rotatable bonds is 4. The third-order valence-electron chi connectivity index (χ3n) is 9.61. The summed E-state index contributed by atoms with van der Waals surface area (Å²) >= 11 is 0. The molecule has 252 valence electrons. The highest BCUT2D eigenvalue weighted by Gasteiger charge is 2.43. The van der Waals surface area contributed by atoms with Crippen molar-refractivity contribution in [3.63, 3.8) is 0 Å². The van der Waals surface area contributed by atoms with Crippen LogP contribution in [-0.2, 0) is 4.74 Å². The van der Waals surface area contributed by atoms with E-state index in [0.29, 0.717) is 42.5 Å². The average molecular weight is 659 g/mol. The maximum Gasteiger partial charge on any atom is 0.408 e. The van der Waals surface area contributed by atoms with Crippen LogP contribution in [0.15, 0.2) is 71.7 Å². The SMILES string of the molecule is CC(C)(C)OC(=O)NC1c2cccnc2C([C@H]2CC(c3cc4ccccc4[nH]c3=O)CCCN2C(=O)O)CCC1c1cccc(F)c1F. The maximum atomic E-state index is 15.5. The molecule has 1 aliphatic heterocycles. The number of ether oxygens (including phenoxy) is 1. The van der Waals surface area contributed by atoms with Crippen molar-refractivity contribution < 1.29 is 28.2 Å². The Morgan fingerprint density at radius 3 is 2.50 bits per heavy atom. The lowest BCUT2D eigenvalue weighted by atomic mass is 9.81. The van der Waals surface area contributed by atoms with E-state index < -0.39 is 53.3 Å². The molecule has 4 unspecified atom stereocenters. The molecule has 2 aliphatic rings. The standard InChI is InChI=1S/C37H40F2N4O5/c1-37(2,3)48-35(45)42-33-24(23-11-6-13-28(38)31(23)39)15-16-25(32-26(33)12-7-17-40-32)30-20-21(10-8-18-43(30)36(46)47)27-19-22-9-4-5-14-29(22)41-34(27)44/h4-7,9,11-14,17,19,21,24-25,30,33H,8,10,15-16,18,20H2,1-3H3,(H,41,44)(H,42,45)(H,46,47)/t21?,24?,25?,30-,33?/m1/s1. The molecular weight excluding hydrogens is 618 g/mol. The molecule has 1 aliphatic carbocycles. The molecule has 0 spiro atoms. The minimum absolute atomic E-state index is 0.100. The number of hydrogen-bond acceptors (Lipinski definition) is 5. The van der Waals surface area contributed by atoms with Gasteiger partial charge in [-0.2, -0.15) is 0 Å². The van der Waals surface area contributed by atoms with Gasteiger partial charge >= 0.3 is 12.2 Å². The zero-order valence-electron chi connectivity index (χ0n) is 27.2. The largest absolute Gasteiger partial charge is 0.465 e. The number of nitrogens with zero attached hydrogens (tertiary/aromatic N) is 2. The van der Waals surface area contributed by atoms with Crippen molar-refractivity contribution in [1.29, 1.82) is 0 Å². The Labute approximate surface area is 277 Å². The maximum absolute atomic E-state index is 15.5. The first kappa shape index (κ1) is 33.1. The summed E-state index contributed by atoms with van der Waals surface area (Å²) in [6.45, 7) is 5.47. The zero-order chi connectivity index (χ0) is 34.2. The van der Waals surface area contributed by atoms with E-state index in [1.807, 2.05) is 30.3 Å². The Kier molecular flexibility index (Phi) is 9.22. The van der Waals surface area contributed by atoms with Crippen molar-refractivity contribution >= 4 is 23.1 Å². The van der Waals surface area contributed by atoms with E-state index in [0.717, 1.165) is 17.0 Å². The van der Waals surface area contributed by atoms with Crippen LogP contribution < -0.4 is 10.9 Å². The van der Waals surface area contributed by atoms with E-state index in [1.165, 1.54) is 17.0 Å². The second kappa shape index (κ2) is 13.4. The summed E-state index contributed by atoms with van der Waals surface area (Å²) in [5.74, 6) is -3.43. The molecule has 5 atom stereocenters. The molecular formula is C37H40F2N4O5. The Morgan fingerprint density at radius 1 is 0.979 bits per heavy atom. The lowest BCUT2D eigenvalue weighted by Crippen LogP contribution is -2.43. The minimum atomic E-state index is -1.08. The number of carboxylic acid groups (broad SMARTS) is 1. The Bertz CT molecular complexity index is 1890. The molecule has 2 amide bonds. The number of hydrogen-bond donors (Lipinski definition) is 3. The third kappa shape index (κ3) is 6.77. The number of H-pyrrole nitrogens is 1. The number of carbonyl (C=O) groups is 2. The van der Waals surface area contributed by atoms with Crippen molar-refractivity contribution in [2.75, 3.05) is 6.54 Å². The fraction of sp³-hybridized carbons (Fsp3) is 0.405. The van der Waals surface area contributed by atoms with Gasteiger partial charge in [0, 0.05) is 41.7 Å². The predicted octanol–water partition coefficient (Wildman–Crippen LogP) is 7.74. The first-order valence-corrected chi connectivity index (χ1v) is 16.4. The molecule has 3 N–H and O–H groups in total. The van der Waals surface area contributed by atoms with Gasteiger partial charge in [0.1, 0.15) is 5.60 Å². The number of amides is 2. The van der Waals surface area contributed by atoms with Crippen molar-refractivity contribution in [2.45, 2.75) is 88.3 Å². The van der Waals surface area contributed by atoms with E-state index in [2.05, 4.69) is 10.3 Å². The van der Waals surface area contributed by atoms with Crippen LogP contribution in [0.5, 0.6) is 0 Å². The number of pyridine rings is 2. The first-order valence-electron chi connectivity index (χ1n) is 16.4. The van der Waals surface area contributed by atoms with E-state index in [9.17, 15) is 23.9 Å². The second-order valence-corrected chi connectivity index (χ2v) is 13.8. The van der Waals surface area contributed by atoms with Gasteiger partial charge in [0.2, 0.25) is 0 Å². The van der Waals surface area contributed by atoms with Crippen LogP contribution in [0.3, 0.4) is 0 Å². The average Bonchev–Trinajstić information content (AvgIpc) is 3.34. The van der Waals surface area contributed by atoms with Crippen LogP contribution in [0.1, 0.15) is 99.1 Å². The first-order chi connectivity index (χ1) is 22.9. The molecule has 1 fully saturated rings. The predicted molar refractivity (Wildman–Crippen MR) is 177 cm³/mol. The molecule has 0 bridgehead atoms. The molecule has 2 aromatic carbocycles. The smallest absolute Gasteiger partial charge is 0.408 e. The second-order valence-electron chi connectivity index (χ2n) is 13.8. The fourth-order valence-corrected chi connectivity index (χ4v) is 7.59. The molecule has 4 aromatic rings. The number of nitrogens with one attached hydrogen (secondary N) is 2. The number of carbonyl (C=O) groups excluding carboxylic acids is 1. The van der Waals surface area contributed by atoms with Crippen molar-refractivity contribution in [3.8, 4) is 0 Å². The van der Waals surface area contributed by atoms with E-state index in [4.69, 9.17) is 9.72 Å². The zero-order valence-corrected chi connectivity index (χ0v) is 27.2. The Hall–Kier alpha value is -4.80. The van der Waals surface area contributed by atoms with E-state index in [1.54, 1.807) is 39.1 Å². The van der Waals surface area contributed by atoms with E-state index >= 15 is 4.39 Å². The molecule has 0 saturated carbocycles. The van der Waals surface area contributed by atoms with Gasteiger partial charge in [-0.3, -0.25) is 9.78 Å². The van der Waals surface area contributed by atoms with Gasteiger partial charge in [-0.15, -0.1) is 0 Å². The molecule has 3 heterocycles. The van der Waals surface area contributed by atoms with Gasteiger partial charge in [-0.1, -0.05) is 36.4 Å². The number of benzene rings is 2. The highest BCUT2D eigenvalue weighted by Crippen LogP contribution is 2.48. The van der Waals surface area contributed by atoms with Gasteiger partial charge in [0.05, 0.1) is 11.7 Å². The molecule has 2 aromatic heterocycles. The van der Waals surface area contributed by atoms with Crippen LogP contribution in [0.25, 0.3) is 10.9 Å². The summed E-state index contributed by atoms with van der Waals surface area (Å²) in [6.07, 6.45) is 2.00. The van der Waals surface area contributed by atoms with Gasteiger partial charge in [-0.25, -0.2) is 18.4 Å². The summed E-state index contributed by atoms with van der Waals surface area (Å²) in [6, 6.07) is 15.5.